The van der Waals surface area contributed by atoms with Crippen molar-refractivity contribution in [2.75, 3.05) is 23.1 Å². The number of carbonyl (C=O) groups is 1. The lowest BCUT2D eigenvalue weighted by molar-refractivity contribution is -0.115. The maximum Gasteiger partial charge on any atom is 0.227 e. The zero-order chi connectivity index (χ0) is 19.2. The number of aromatic nitrogens is 3. The normalized spacial score (nSPS) is 10.5. The van der Waals surface area contributed by atoms with Crippen molar-refractivity contribution < 1.29 is 9.53 Å². The third kappa shape index (κ3) is 5.01. The highest BCUT2D eigenvalue weighted by atomic mass is 79.9. The maximum atomic E-state index is 11.8. The molecule has 1 amide bonds. The molecule has 0 spiro atoms. The highest BCUT2D eigenvalue weighted by molar-refractivity contribution is 9.09. The van der Waals surface area contributed by atoms with Crippen LogP contribution in [0.25, 0.3) is 10.6 Å². The Morgan fingerprint density at radius 1 is 1.22 bits per heavy atom. The van der Waals surface area contributed by atoms with Crippen LogP contribution in [0.4, 0.5) is 16.8 Å². The van der Waals surface area contributed by atoms with Crippen molar-refractivity contribution in [1.82, 2.24) is 15.0 Å². The number of carbonyl (C=O) groups excluding carboxylic acids is 1. The topological polar surface area (TPSA) is 89.0 Å². The van der Waals surface area contributed by atoms with E-state index in [9.17, 15) is 4.79 Å². The van der Waals surface area contributed by atoms with E-state index in [1.54, 1.807) is 13.3 Å². The molecule has 2 aromatic heterocycles. The molecule has 0 aliphatic heterocycles. The van der Waals surface area contributed by atoms with Crippen LogP contribution in [0.2, 0.25) is 0 Å². The summed E-state index contributed by atoms with van der Waals surface area (Å²) in [6.45, 7) is 1.89. The lowest BCUT2D eigenvalue weighted by atomic mass is 10.3. The molecule has 1 aromatic carbocycles. The highest BCUT2D eigenvalue weighted by Gasteiger charge is 2.13. The Bertz CT molecular complexity index is 930. The molecule has 3 aromatic rings. The number of aryl methyl sites for hydroxylation is 1. The van der Waals surface area contributed by atoms with Gasteiger partial charge in [-0.2, -0.15) is 0 Å². The minimum Gasteiger partial charge on any atom is -0.497 e. The van der Waals surface area contributed by atoms with Gasteiger partial charge >= 0.3 is 0 Å². The van der Waals surface area contributed by atoms with E-state index in [-0.39, 0.29) is 5.91 Å². The number of halogens is 1. The van der Waals surface area contributed by atoms with Crippen LogP contribution >= 0.6 is 27.3 Å². The fourth-order valence-corrected chi connectivity index (χ4v) is 3.62. The molecule has 0 saturated carbocycles. The van der Waals surface area contributed by atoms with E-state index in [0.717, 1.165) is 27.7 Å². The monoisotopic (exact) mass is 447 g/mol. The van der Waals surface area contributed by atoms with Gasteiger partial charge < -0.3 is 15.4 Å². The van der Waals surface area contributed by atoms with Gasteiger partial charge in [-0.15, -0.1) is 0 Å². The van der Waals surface area contributed by atoms with E-state index >= 15 is 0 Å². The van der Waals surface area contributed by atoms with E-state index in [1.165, 1.54) is 11.3 Å². The Morgan fingerprint density at radius 3 is 2.70 bits per heavy atom. The number of hydrogen-bond acceptors (Lipinski definition) is 7. The zero-order valence-electron chi connectivity index (χ0n) is 14.8. The van der Waals surface area contributed by atoms with Gasteiger partial charge in [-0.05, 0) is 37.3 Å². The predicted octanol–water partition coefficient (Wildman–Crippen LogP) is 4.38. The summed E-state index contributed by atoms with van der Waals surface area (Å²) in [5.41, 5.74) is 2.41. The number of nitrogens with zero attached hydrogens (tertiary/aromatic N) is 3. The van der Waals surface area contributed by atoms with Crippen LogP contribution < -0.4 is 15.4 Å². The lowest BCUT2D eigenvalue weighted by Crippen LogP contribution is -2.11. The summed E-state index contributed by atoms with van der Waals surface area (Å²) in [5.74, 6) is 1.19. The van der Waals surface area contributed by atoms with E-state index in [0.29, 0.717) is 22.8 Å². The van der Waals surface area contributed by atoms with E-state index in [4.69, 9.17) is 4.74 Å². The minimum atomic E-state index is -0.0725. The lowest BCUT2D eigenvalue weighted by Gasteiger charge is -2.07. The van der Waals surface area contributed by atoms with Crippen molar-refractivity contribution in [1.29, 1.82) is 0 Å². The van der Waals surface area contributed by atoms with Crippen molar-refractivity contribution in [3.8, 4) is 16.3 Å². The second-order valence-electron chi connectivity index (χ2n) is 5.54. The summed E-state index contributed by atoms with van der Waals surface area (Å²) < 4.78 is 5.16. The first-order valence-corrected chi connectivity index (χ1v) is 10.1. The number of nitrogens with one attached hydrogen (secondary N) is 2. The van der Waals surface area contributed by atoms with E-state index in [1.807, 2.05) is 37.3 Å². The number of methoxy groups -OCH3 is 1. The van der Waals surface area contributed by atoms with E-state index < -0.39 is 0 Å². The van der Waals surface area contributed by atoms with Gasteiger partial charge in [-0.3, -0.25) is 4.79 Å². The fourth-order valence-electron chi connectivity index (χ4n) is 2.30. The molecule has 27 heavy (non-hydrogen) atoms. The Balaban J connectivity index is 1.78. The number of thiazole rings is 1. The van der Waals surface area contributed by atoms with Crippen molar-refractivity contribution in [2.45, 2.75) is 13.3 Å². The SMILES string of the molecule is COc1ccc(Nc2nccc(-c3sc(NC(=O)CCBr)nc3C)n2)cc1. The largest absolute Gasteiger partial charge is 0.497 e. The summed E-state index contributed by atoms with van der Waals surface area (Å²) in [4.78, 5) is 25.9. The first-order valence-electron chi connectivity index (χ1n) is 8.17. The van der Waals surface area contributed by atoms with Crippen LogP contribution in [0.5, 0.6) is 5.75 Å². The fraction of sp³-hybridized carbons (Fsp3) is 0.222. The second kappa shape index (κ2) is 8.92. The van der Waals surface area contributed by atoms with Crippen LogP contribution in [0.15, 0.2) is 36.5 Å². The Labute approximate surface area is 169 Å². The van der Waals surface area contributed by atoms with Gasteiger partial charge in [0.15, 0.2) is 5.13 Å². The van der Waals surface area contributed by atoms with Crippen molar-refractivity contribution >= 4 is 49.9 Å². The molecule has 0 aliphatic carbocycles. The first-order chi connectivity index (χ1) is 13.1. The molecule has 0 aliphatic rings. The third-order valence-corrected chi connectivity index (χ3v) is 5.09. The Kier molecular flexibility index (Phi) is 6.36. The Morgan fingerprint density at radius 2 is 2.00 bits per heavy atom. The molecule has 0 saturated heterocycles. The van der Waals surface area contributed by atoms with E-state index in [2.05, 4.69) is 41.5 Å². The standard InChI is InChI=1S/C18H18BrN5O2S/c1-11-16(27-18(21-11)24-15(25)7-9-19)14-8-10-20-17(23-14)22-12-3-5-13(26-2)6-4-12/h3-6,8,10H,7,9H2,1-2H3,(H,20,22,23)(H,21,24,25). The molecule has 7 nitrogen and oxygen atoms in total. The van der Waals surface area contributed by atoms with Crippen LogP contribution in [0.3, 0.4) is 0 Å². The molecule has 140 valence electrons. The molecule has 0 unspecified atom stereocenters. The Hall–Kier alpha value is -2.52. The van der Waals surface area contributed by atoms with Gasteiger partial charge in [0, 0.05) is 23.6 Å². The van der Waals surface area contributed by atoms with Crippen molar-refractivity contribution in [3.05, 3.63) is 42.2 Å². The molecular weight excluding hydrogens is 430 g/mol. The van der Waals surface area contributed by atoms with Crippen molar-refractivity contribution in [2.24, 2.45) is 0 Å². The number of amides is 1. The zero-order valence-corrected chi connectivity index (χ0v) is 17.2. The van der Waals surface area contributed by atoms with Crippen LogP contribution in [-0.4, -0.2) is 33.3 Å². The summed E-state index contributed by atoms with van der Waals surface area (Å²) in [6, 6.07) is 9.33. The molecule has 0 radical (unpaired) electrons. The molecule has 0 fully saturated rings. The number of rotatable bonds is 7. The van der Waals surface area contributed by atoms with Gasteiger partial charge in [-0.1, -0.05) is 27.3 Å². The molecule has 9 heteroatoms. The molecule has 2 heterocycles. The molecular formula is C18H18BrN5O2S. The predicted molar refractivity (Wildman–Crippen MR) is 111 cm³/mol. The molecule has 2 N–H and O–H groups in total. The average molecular weight is 448 g/mol. The summed E-state index contributed by atoms with van der Waals surface area (Å²) in [6.07, 6.45) is 2.09. The van der Waals surface area contributed by atoms with Crippen LogP contribution in [0.1, 0.15) is 12.1 Å². The van der Waals surface area contributed by atoms with Crippen molar-refractivity contribution in [3.63, 3.8) is 0 Å². The van der Waals surface area contributed by atoms with Gasteiger partial charge in [0.05, 0.1) is 23.4 Å². The van der Waals surface area contributed by atoms with Gasteiger partial charge in [0.2, 0.25) is 11.9 Å². The number of anilines is 3. The van der Waals surface area contributed by atoms with Crippen LogP contribution in [-0.2, 0) is 4.79 Å². The average Bonchev–Trinajstić information content (AvgIpc) is 3.03. The minimum absolute atomic E-state index is 0.0725. The summed E-state index contributed by atoms with van der Waals surface area (Å²) in [7, 11) is 1.63. The van der Waals surface area contributed by atoms with Gasteiger partial charge in [0.1, 0.15) is 5.75 Å². The maximum absolute atomic E-state index is 11.8. The number of ether oxygens (including phenoxy) is 1. The summed E-state index contributed by atoms with van der Waals surface area (Å²) in [5, 5.41) is 7.16. The first kappa shape index (κ1) is 19.2. The smallest absolute Gasteiger partial charge is 0.227 e. The number of alkyl halides is 1. The second-order valence-corrected chi connectivity index (χ2v) is 7.33. The molecule has 3 rings (SSSR count). The van der Waals surface area contributed by atoms with Crippen LogP contribution in [0, 0.1) is 6.92 Å². The summed E-state index contributed by atoms with van der Waals surface area (Å²) >= 11 is 4.65. The molecule has 0 atom stereocenters. The van der Waals surface area contributed by atoms with Gasteiger partial charge in [0.25, 0.3) is 0 Å². The highest BCUT2D eigenvalue weighted by Crippen LogP contribution is 2.32. The quantitative estimate of drug-likeness (QED) is 0.522. The number of hydrogen-bond donors (Lipinski definition) is 2. The third-order valence-electron chi connectivity index (χ3n) is 3.60. The number of benzene rings is 1. The molecule has 0 bridgehead atoms. The van der Waals surface area contributed by atoms with Gasteiger partial charge in [-0.25, -0.2) is 15.0 Å².